The second-order valence-electron chi connectivity index (χ2n) is 5.62. The van der Waals surface area contributed by atoms with Crippen LogP contribution < -0.4 is 10.5 Å². The summed E-state index contributed by atoms with van der Waals surface area (Å²) in [5, 5.41) is 0. The number of rotatable bonds is 5. The SMILES string of the molecule is Cc1cc(C)c(S(=O)(=O)NCCc2ccc(N)cc2)c(C)c1.Cl. The van der Waals surface area contributed by atoms with E-state index in [1.807, 2.05) is 57.2 Å². The molecule has 3 N–H and O–H groups in total. The highest BCUT2D eigenvalue weighted by molar-refractivity contribution is 7.89. The molecule has 0 saturated carbocycles. The van der Waals surface area contributed by atoms with Gasteiger partial charge in [-0.15, -0.1) is 12.4 Å². The van der Waals surface area contributed by atoms with Crippen LogP contribution in [0.25, 0.3) is 0 Å². The average Bonchev–Trinajstić information content (AvgIpc) is 2.39. The van der Waals surface area contributed by atoms with Crippen molar-refractivity contribution in [1.82, 2.24) is 4.72 Å². The van der Waals surface area contributed by atoms with E-state index in [4.69, 9.17) is 5.73 Å². The zero-order chi connectivity index (χ0) is 16.3. The fourth-order valence-electron chi connectivity index (χ4n) is 2.68. The van der Waals surface area contributed by atoms with Gasteiger partial charge in [0.15, 0.2) is 0 Å². The number of anilines is 1. The lowest BCUT2D eigenvalue weighted by Gasteiger charge is -2.13. The lowest BCUT2D eigenvalue weighted by Crippen LogP contribution is -2.27. The zero-order valence-electron chi connectivity index (χ0n) is 13.6. The van der Waals surface area contributed by atoms with Gasteiger partial charge in [-0.2, -0.15) is 0 Å². The minimum atomic E-state index is -3.49. The molecule has 0 amide bonds. The summed E-state index contributed by atoms with van der Waals surface area (Å²) >= 11 is 0. The monoisotopic (exact) mass is 354 g/mol. The first-order valence-electron chi connectivity index (χ1n) is 7.21. The number of hydrogen-bond acceptors (Lipinski definition) is 3. The summed E-state index contributed by atoms with van der Waals surface area (Å²) < 4.78 is 27.7. The van der Waals surface area contributed by atoms with E-state index in [2.05, 4.69) is 4.72 Å². The number of halogens is 1. The molecule has 6 heteroatoms. The highest BCUT2D eigenvalue weighted by Crippen LogP contribution is 2.21. The van der Waals surface area contributed by atoms with Crippen molar-refractivity contribution in [3.8, 4) is 0 Å². The van der Waals surface area contributed by atoms with Crippen molar-refractivity contribution in [1.29, 1.82) is 0 Å². The predicted octanol–water partition coefficient (Wildman–Crippen LogP) is 3.14. The zero-order valence-corrected chi connectivity index (χ0v) is 15.2. The van der Waals surface area contributed by atoms with Gasteiger partial charge in [-0.3, -0.25) is 0 Å². The van der Waals surface area contributed by atoms with Crippen molar-refractivity contribution in [2.75, 3.05) is 12.3 Å². The largest absolute Gasteiger partial charge is 0.399 e. The number of nitrogens with one attached hydrogen (secondary N) is 1. The number of aryl methyl sites for hydroxylation is 3. The van der Waals surface area contributed by atoms with E-state index >= 15 is 0 Å². The van der Waals surface area contributed by atoms with Crippen molar-refractivity contribution in [3.05, 3.63) is 58.7 Å². The van der Waals surface area contributed by atoms with Gasteiger partial charge in [-0.25, -0.2) is 13.1 Å². The number of nitrogen functional groups attached to an aromatic ring is 1. The third-order valence-electron chi connectivity index (χ3n) is 3.56. The average molecular weight is 355 g/mol. The van der Waals surface area contributed by atoms with Crippen LogP contribution in [0.3, 0.4) is 0 Å². The molecule has 0 bridgehead atoms. The fraction of sp³-hybridized carbons (Fsp3) is 0.294. The van der Waals surface area contributed by atoms with Crippen LogP contribution in [0.15, 0.2) is 41.3 Å². The topological polar surface area (TPSA) is 72.2 Å². The smallest absolute Gasteiger partial charge is 0.241 e. The molecule has 0 radical (unpaired) electrons. The maximum absolute atomic E-state index is 12.5. The molecule has 0 unspecified atom stereocenters. The Hall–Kier alpha value is -1.56. The van der Waals surface area contributed by atoms with Gasteiger partial charge in [0, 0.05) is 12.2 Å². The van der Waals surface area contributed by atoms with Gasteiger partial charge >= 0.3 is 0 Å². The normalized spacial score (nSPS) is 11.1. The third kappa shape index (κ3) is 4.96. The molecule has 0 atom stereocenters. The van der Waals surface area contributed by atoms with Crippen LogP contribution in [-0.2, 0) is 16.4 Å². The van der Waals surface area contributed by atoms with Gasteiger partial charge in [-0.05, 0) is 56.0 Å². The summed E-state index contributed by atoms with van der Waals surface area (Å²) in [5.41, 5.74) is 10.0. The van der Waals surface area contributed by atoms with E-state index in [9.17, 15) is 8.42 Å². The number of hydrogen-bond donors (Lipinski definition) is 2. The summed E-state index contributed by atoms with van der Waals surface area (Å²) in [6.07, 6.45) is 0.628. The number of sulfonamides is 1. The Labute approximate surface area is 144 Å². The van der Waals surface area contributed by atoms with Crippen molar-refractivity contribution in [2.24, 2.45) is 0 Å². The summed E-state index contributed by atoms with van der Waals surface area (Å²) in [7, 11) is -3.49. The lowest BCUT2D eigenvalue weighted by atomic mass is 10.1. The Balaban J connectivity index is 0.00000264. The Morgan fingerprint density at radius 2 is 1.52 bits per heavy atom. The Morgan fingerprint density at radius 3 is 2.04 bits per heavy atom. The van der Waals surface area contributed by atoms with E-state index in [1.165, 1.54) is 0 Å². The maximum Gasteiger partial charge on any atom is 0.241 e. The van der Waals surface area contributed by atoms with Crippen LogP contribution in [0, 0.1) is 20.8 Å². The van der Waals surface area contributed by atoms with Crippen LogP contribution in [0.4, 0.5) is 5.69 Å². The molecule has 0 aliphatic carbocycles. The minimum Gasteiger partial charge on any atom is -0.399 e. The second-order valence-corrected chi connectivity index (χ2v) is 7.32. The van der Waals surface area contributed by atoms with Gasteiger partial charge in [-0.1, -0.05) is 29.8 Å². The van der Waals surface area contributed by atoms with Gasteiger partial charge in [0.1, 0.15) is 0 Å². The molecule has 0 saturated heterocycles. The molecular formula is C17H23ClN2O2S. The molecule has 2 aromatic carbocycles. The Kier molecular flexibility index (Phi) is 6.62. The highest BCUT2D eigenvalue weighted by atomic mass is 35.5. The standard InChI is InChI=1S/C17H22N2O2S.ClH/c1-12-10-13(2)17(14(3)11-12)22(20,21)19-9-8-15-4-6-16(18)7-5-15;/h4-7,10-11,19H,8-9,18H2,1-3H3;1H. The summed E-state index contributed by atoms with van der Waals surface area (Å²) in [5.74, 6) is 0. The van der Waals surface area contributed by atoms with Crippen molar-refractivity contribution in [2.45, 2.75) is 32.1 Å². The van der Waals surface area contributed by atoms with Crippen LogP contribution in [-0.4, -0.2) is 15.0 Å². The van der Waals surface area contributed by atoms with E-state index in [0.717, 1.165) is 22.3 Å². The van der Waals surface area contributed by atoms with Gasteiger partial charge in [0.05, 0.1) is 4.90 Å². The molecule has 4 nitrogen and oxygen atoms in total. The molecule has 0 aliphatic heterocycles. The van der Waals surface area contributed by atoms with Crippen LogP contribution in [0.2, 0.25) is 0 Å². The second kappa shape index (κ2) is 7.81. The van der Waals surface area contributed by atoms with Crippen molar-refractivity contribution >= 4 is 28.1 Å². The van der Waals surface area contributed by atoms with Gasteiger partial charge in [0.2, 0.25) is 10.0 Å². The molecule has 0 aromatic heterocycles. The van der Waals surface area contributed by atoms with E-state index in [-0.39, 0.29) is 12.4 Å². The third-order valence-corrected chi connectivity index (χ3v) is 5.32. The molecule has 126 valence electrons. The molecule has 2 rings (SSSR count). The van der Waals surface area contributed by atoms with Crippen LogP contribution in [0.5, 0.6) is 0 Å². The Bertz CT molecular complexity index is 749. The van der Waals surface area contributed by atoms with E-state index in [1.54, 1.807) is 0 Å². The van der Waals surface area contributed by atoms with E-state index in [0.29, 0.717) is 23.5 Å². The number of nitrogens with two attached hydrogens (primary N) is 1. The summed E-state index contributed by atoms with van der Waals surface area (Å²) in [4.78, 5) is 0.385. The summed E-state index contributed by atoms with van der Waals surface area (Å²) in [6, 6.07) is 11.2. The first-order chi connectivity index (χ1) is 10.3. The van der Waals surface area contributed by atoms with Crippen molar-refractivity contribution < 1.29 is 8.42 Å². The highest BCUT2D eigenvalue weighted by Gasteiger charge is 2.19. The molecule has 2 aromatic rings. The van der Waals surface area contributed by atoms with Crippen LogP contribution in [0.1, 0.15) is 22.3 Å². The molecule has 0 spiro atoms. The first kappa shape index (κ1) is 19.5. The lowest BCUT2D eigenvalue weighted by molar-refractivity contribution is 0.580. The maximum atomic E-state index is 12.5. The molecular weight excluding hydrogens is 332 g/mol. The molecule has 0 fully saturated rings. The minimum absolute atomic E-state index is 0. The molecule has 0 heterocycles. The fourth-order valence-corrected chi connectivity index (χ4v) is 4.16. The van der Waals surface area contributed by atoms with Gasteiger partial charge < -0.3 is 5.73 Å². The predicted molar refractivity (Wildman–Crippen MR) is 97.6 cm³/mol. The van der Waals surface area contributed by atoms with E-state index < -0.39 is 10.0 Å². The summed E-state index contributed by atoms with van der Waals surface area (Å²) in [6.45, 7) is 5.98. The molecule has 23 heavy (non-hydrogen) atoms. The quantitative estimate of drug-likeness (QED) is 0.810. The Morgan fingerprint density at radius 1 is 1.00 bits per heavy atom. The number of benzene rings is 2. The first-order valence-corrected chi connectivity index (χ1v) is 8.70. The van der Waals surface area contributed by atoms with Gasteiger partial charge in [0.25, 0.3) is 0 Å². The molecule has 0 aliphatic rings. The van der Waals surface area contributed by atoms with Crippen LogP contribution >= 0.6 is 12.4 Å². The van der Waals surface area contributed by atoms with Crippen molar-refractivity contribution in [3.63, 3.8) is 0 Å².